The van der Waals surface area contributed by atoms with Crippen molar-refractivity contribution in [2.45, 2.75) is 64.0 Å². The average molecular weight is 484 g/mol. The van der Waals surface area contributed by atoms with E-state index in [1.807, 2.05) is 17.0 Å². The summed E-state index contributed by atoms with van der Waals surface area (Å²) in [6.07, 6.45) is 10.9. The SMILES string of the molecule is COC(=O)c1ccc(CCCN2C(=O)CCC2C=CC(OC)C(C)CCCc2ccccc2)s1. The van der Waals surface area contributed by atoms with Gasteiger partial charge in [0.1, 0.15) is 4.88 Å². The van der Waals surface area contributed by atoms with Crippen LogP contribution in [-0.4, -0.2) is 49.7 Å². The number of hydrogen-bond acceptors (Lipinski definition) is 5. The molecule has 1 fully saturated rings. The fraction of sp³-hybridized carbons (Fsp3) is 0.500. The number of aryl methyl sites for hydroxylation is 2. The lowest BCUT2D eigenvalue weighted by atomic mass is 9.95. The molecule has 0 aliphatic carbocycles. The van der Waals surface area contributed by atoms with E-state index in [1.165, 1.54) is 24.0 Å². The van der Waals surface area contributed by atoms with E-state index in [0.29, 0.717) is 17.2 Å². The smallest absolute Gasteiger partial charge is 0.348 e. The van der Waals surface area contributed by atoms with E-state index in [9.17, 15) is 9.59 Å². The van der Waals surface area contributed by atoms with E-state index in [0.717, 1.165) is 49.9 Å². The Labute approximate surface area is 207 Å². The monoisotopic (exact) mass is 483 g/mol. The Morgan fingerprint density at radius 1 is 1.15 bits per heavy atom. The third-order valence-electron chi connectivity index (χ3n) is 6.57. The number of hydrogen-bond donors (Lipinski definition) is 0. The topological polar surface area (TPSA) is 55.8 Å². The van der Waals surface area contributed by atoms with Crippen LogP contribution in [-0.2, 0) is 27.1 Å². The fourth-order valence-electron chi connectivity index (χ4n) is 4.57. The Balaban J connectivity index is 1.47. The zero-order valence-corrected chi connectivity index (χ0v) is 21.4. The fourth-order valence-corrected chi connectivity index (χ4v) is 5.54. The second-order valence-corrected chi connectivity index (χ2v) is 10.2. The summed E-state index contributed by atoms with van der Waals surface area (Å²) in [5.41, 5.74) is 1.38. The summed E-state index contributed by atoms with van der Waals surface area (Å²) >= 11 is 1.47. The van der Waals surface area contributed by atoms with Gasteiger partial charge in [-0.3, -0.25) is 4.79 Å². The normalized spacial score (nSPS) is 17.9. The van der Waals surface area contributed by atoms with Crippen molar-refractivity contribution in [2.24, 2.45) is 5.92 Å². The van der Waals surface area contributed by atoms with E-state index in [-0.39, 0.29) is 24.0 Å². The Morgan fingerprint density at radius 2 is 1.94 bits per heavy atom. The first-order valence-corrected chi connectivity index (χ1v) is 13.0. The molecule has 3 rings (SSSR count). The van der Waals surface area contributed by atoms with Crippen LogP contribution in [0.3, 0.4) is 0 Å². The molecule has 5 nitrogen and oxygen atoms in total. The van der Waals surface area contributed by atoms with Gasteiger partial charge in [-0.1, -0.05) is 49.4 Å². The minimum absolute atomic E-state index is 0.0520. The molecule has 34 heavy (non-hydrogen) atoms. The van der Waals surface area contributed by atoms with Crippen molar-refractivity contribution in [3.63, 3.8) is 0 Å². The van der Waals surface area contributed by atoms with E-state index < -0.39 is 0 Å². The van der Waals surface area contributed by atoms with Crippen LogP contribution >= 0.6 is 11.3 Å². The number of benzene rings is 1. The molecule has 3 unspecified atom stereocenters. The number of ether oxygens (including phenoxy) is 2. The van der Waals surface area contributed by atoms with Crippen molar-refractivity contribution < 1.29 is 19.1 Å². The number of likely N-dealkylation sites (tertiary alicyclic amines) is 1. The predicted octanol–water partition coefficient (Wildman–Crippen LogP) is 5.69. The third kappa shape index (κ3) is 7.54. The highest BCUT2D eigenvalue weighted by Gasteiger charge is 2.29. The van der Waals surface area contributed by atoms with Crippen LogP contribution in [0, 0.1) is 5.92 Å². The summed E-state index contributed by atoms with van der Waals surface area (Å²) in [6, 6.07) is 14.5. The number of esters is 1. The Bertz CT molecular complexity index is 939. The zero-order valence-electron chi connectivity index (χ0n) is 20.6. The van der Waals surface area contributed by atoms with Gasteiger partial charge >= 0.3 is 5.97 Å². The number of thiophene rings is 1. The van der Waals surface area contributed by atoms with Gasteiger partial charge in [-0.2, -0.15) is 0 Å². The first kappa shape index (κ1) is 26.2. The van der Waals surface area contributed by atoms with Crippen molar-refractivity contribution in [3.05, 3.63) is 69.9 Å². The van der Waals surface area contributed by atoms with Gasteiger partial charge in [-0.25, -0.2) is 4.79 Å². The molecule has 2 aromatic rings. The first-order valence-electron chi connectivity index (χ1n) is 12.2. The number of carbonyl (C=O) groups is 2. The third-order valence-corrected chi connectivity index (χ3v) is 7.69. The highest BCUT2D eigenvalue weighted by Crippen LogP contribution is 2.24. The van der Waals surface area contributed by atoms with Crippen molar-refractivity contribution in [3.8, 4) is 0 Å². The lowest BCUT2D eigenvalue weighted by molar-refractivity contribution is -0.128. The predicted molar refractivity (Wildman–Crippen MR) is 137 cm³/mol. The molecule has 1 amide bonds. The van der Waals surface area contributed by atoms with Gasteiger partial charge in [-0.15, -0.1) is 11.3 Å². The number of rotatable bonds is 13. The van der Waals surface area contributed by atoms with Gasteiger partial charge in [0.25, 0.3) is 0 Å². The Kier molecular flexibility index (Phi) is 10.4. The minimum atomic E-state index is -0.293. The maximum absolute atomic E-state index is 12.5. The van der Waals surface area contributed by atoms with Crippen LogP contribution in [0.25, 0.3) is 0 Å². The van der Waals surface area contributed by atoms with Crippen molar-refractivity contribution >= 4 is 23.2 Å². The standard InChI is InChI=1S/C28H37NO4S/c1-21(9-7-12-22-10-5-4-6-11-22)25(32-2)17-14-23-15-19-27(30)29(23)20-8-13-24-16-18-26(34-24)28(31)33-3/h4-6,10-11,14,16-18,21,23,25H,7-9,12-13,15,19-20H2,1-3H3. The van der Waals surface area contributed by atoms with Crippen LogP contribution in [0.15, 0.2) is 54.6 Å². The lowest BCUT2D eigenvalue weighted by Gasteiger charge is -2.24. The van der Waals surface area contributed by atoms with Gasteiger partial charge in [-0.05, 0) is 62.1 Å². The van der Waals surface area contributed by atoms with Crippen LogP contribution < -0.4 is 0 Å². The number of nitrogens with zero attached hydrogens (tertiary/aromatic N) is 1. The molecular weight excluding hydrogens is 446 g/mol. The molecule has 0 spiro atoms. The maximum Gasteiger partial charge on any atom is 0.348 e. The van der Waals surface area contributed by atoms with Gasteiger partial charge in [0.15, 0.2) is 0 Å². The number of carbonyl (C=O) groups excluding carboxylic acids is 2. The van der Waals surface area contributed by atoms with Crippen molar-refractivity contribution in [2.75, 3.05) is 20.8 Å². The van der Waals surface area contributed by atoms with Gasteiger partial charge in [0.05, 0.1) is 19.3 Å². The van der Waals surface area contributed by atoms with Gasteiger partial charge < -0.3 is 14.4 Å². The molecule has 1 aromatic carbocycles. The van der Waals surface area contributed by atoms with Crippen LogP contribution in [0.1, 0.15) is 59.1 Å². The largest absolute Gasteiger partial charge is 0.465 e. The lowest BCUT2D eigenvalue weighted by Crippen LogP contribution is -2.33. The molecule has 184 valence electrons. The van der Waals surface area contributed by atoms with E-state index >= 15 is 0 Å². The molecule has 2 heterocycles. The second-order valence-electron chi connectivity index (χ2n) is 8.99. The molecular formula is C28H37NO4S. The minimum Gasteiger partial charge on any atom is -0.465 e. The quantitative estimate of drug-likeness (QED) is 0.271. The summed E-state index contributed by atoms with van der Waals surface area (Å²) in [5, 5.41) is 0. The molecule has 1 aliphatic rings. The molecule has 1 saturated heterocycles. The van der Waals surface area contributed by atoms with Crippen molar-refractivity contribution in [1.29, 1.82) is 0 Å². The van der Waals surface area contributed by atoms with Crippen LogP contribution in [0.5, 0.6) is 0 Å². The van der Waals surface area contributed by atoms with Crippen LogP contribution in [0.2, 0.25) is 0 Å². The first-order chi connectivity index (χ1) is 16.5. The molecule has 0 saturated carbocycles. The molecule has 1 aliphatic heterocycles. The molecule has 0 bridgehead atoms. The van der Waals surface area contributed by atoms with E-state index in [4.69, 9.17) is 9.47 Å². The average Bonchev–Trinajstić information content (AvgIpc) is 3.47. The molecule has 6 heteroatoms. The second kappa shape index (κ2) is 13.4. The van der Waals surface area contributed by atoms with E-state index in [1.54, 1.807) is 7.11 Å². The summed E-state index contributed by atoms with van der Waals surface area (Å²) < 4.78 is 10.6. The van der Waals surface area contributed by atoms with Gasteiger partial charge in [0, 0.05) is 25.0 Å². The molecule has 0 radical (unpaired) electrons. The highest BCUT2D eigenvalue weighted by molar-refractivity contribution is 7.13. The Hall–Kier alpha value is -2.44. The molecule has 0 N–H and O–H groups in total. The summed E-state index contributed by atoms with van der Waals surface area (Å²) in [5.74, 6) is 0.345. The number of methoxy groups -OCH3 is 2. The van der Waals surface area contributed by atoms with Crippen LogP contribution in [0.4, 0.5) is 0 Å². The summed E-state index contributed by atoms with van der Waals surface area (Å²) in [4.78, 5) is 27.9. The van der Waals surface area contributed by atoms with Crippen molar-refractivity contribution in [1.82, 2.24) is 4.90 Å². The molecule has 3 atom stereocenters. The zero-order chi connectivity index (χ0) is 24.3. The number of amides is 1. The summed E-state index contributed by atoms with van der Waals surface area (Å²) in [7, 11) is 3.16. The maximum atomic E-state index is 12.5. The Morgan fingerprint density at radius 3 is 2.68 bits per heavy atom. The van der Waals surface area contributed by atoms with Gasteiger partial charge in [0.2, 0.25) is 5.91 Å². The summed E-state index contributed by atoms with van der Waals surface area (Å²) in [6.45, 7) is 2.97. The highest BCUT2D eigenvalue weighted by atomic mass is 32.1. The molecule has 1 aromatic heterocycles. The van der Waals surface area contributed by atoms with E-state index in [2.05, 4.69) is 49.4 Å².